The molecule has 96 valence electrons. The molecule has 0 fully saturated rings. The molecule has 0 aliphatic carbocycles. The second-order valence-corrected chi connectivity index (χ2v) is 3.72. The number of nitrogens with two attached hydrogens (primary N) is 3. The molecule has 0 aromatic heterocycles. The molecule has 18 heavy (non-hydrogen) atoms. The Morgan fingerprint density at radius 2 is 1.61 bits per heavy atom. The molecule has 3 amide bonds. The lowest BCUT2D eigenvalue weighted by Gasteiger charge is -2.19. The lowest BCUT2D eigenvalue weighted by atomic mass is 10.1. The molecule has 0 aliphatic rings. The summed E-state index contributed by atoms with van der Waals surface area (Å²) < 4.78 is 0. The van der Waals surface area contributed by atoms with E-state index in [1.807, 2.05) is 0 Å². The second-order valence-electron chi connectivity index (χ2n) is 3.72. The van der Waals surface area contributed by atoms with Gasteiger partial charge in [-0.3, -0.25) is 14.4 Å². The molecule has 0 saturated heterocycles. The summed E-state index contributed by atoms with van der Waals surface area (Å²) in [6.45, 7) is -0.757. The molecule has 0 aliphatic heterocycles. The van der Waals surface area contributed by atoms with E-state index in [2.05, 4.69) is 0 Å². The van der Waals surface area contributed by atoms with Crippen LogP contribution in [0.1, 0.15) is 10.4 Å². The highest BCUT2D eigenvalue weighted by atomic mass is 16.2. The van der Waals surface area contributed by atoms with Crippen LogP contribution in [0, 0.1) is 0 Å². The van der Waals surface area contributed by atoms with Crippen LogP contribution in [-0.2, 0) is 9.59 Å². The minimum Gasteiger partial charge on any atom is -0.399 e. The van der Waals surface area contributed by atoms with Gasteiger partial charge in [-0.25, -0.2) is 0 Å². The normalized spacial score (nSPS) is 9.78. The number of nitrogen functional groups attached to an aromatic ring is 1. The number of carbonyl (C=O) groups excluding carboxylic acids is 3. The van der Waals surface area contributed by atoms with Gasteiger partial charge < -0.3 is 22.1 Å². The Balaban J connectivity index is 2.94. The van der Waals surface area contributed by atoms with Crippen molar-refractivity contribution in [2.24, 2.45) is 11.5 Å². The molecule has 7 heteroatoms. The van der Waals surface area contributed by atoms with Crippen molar-refractivity contribution in [1.82, 2.24) is 4.90 Å². The number of carbonyl (C=O) groups is 3. The first-order chi connectivity index (χ1) is 8.40. The summed E-state index contributed by atoms with van der Waals surface area (Å²) in [5, 5.41) is 0. The van der Waals surface area contributed by atoms with Gasteiger partial charge in [0.1, 0.15) is 13.1 Å². The minimum absolute atomic E-state index is 0.262. The number of rotatable bonds is 5. The molecule has 0 bridgehead atoms. The molecule has 0 radical (unpaired) electrons. The Morgan fingerprint density at radius 3 is 2.06 bits per heavy atom. The average Bonchev–Trinajstić information content (AvgIpc) is 2.26. The van der Waals surface area contributed by atoms with Crippen LogP contribution in [0.25, 0.3) is 0 Å². The minimum atomic E-state index is -0.728. The van der Waals surface area contributed by atoms with Crippen molar-refractivity contribution in [1.29, 1.82) is 0 Å². The average molecular weight is 250 g/mol. The van der Waals surface area contributed by atoms with Gasteiger partial charge in [-0.1, -0.05) is 6.07 Å². The van der Waals surface area contributed by atoms with Crippen LogP contribution >= 0.6 is 0 Å². The third-order valence-electron chi connectivity index (χ3n) is 2.11. The number of primary amides is 2. The third-order valence-corrected chi connectivity index (χ3v) is 2.11. The molecule has 0 heterocycles. The van der Waals surface area contributed by atoms with E-state index in [1.54, 1.807) is 12.1 Å². The van der Waals surface area contributed by atoms with Crippen LogP contribution in [0.2, 0.25) is 0 Å². The predicted octanol–water partition coefficient (Wildman–Crippen LogP) is -1.32. The Hall–Kier alpha value is -2.57. The van der Waals surface area contributed by atoms with Gasteiger partial charge in [0.25, 0.3) is 5.91 Å². The van der Waals surface area contributed by atoms with Gasteiger partial charge in [-0.2, -0.15) is 0 Å². The molecule has 7 nitrogen and oxygen atoms in total. The number of hydrogen-bond donors (Lipinski definition) is 3. The molecule has 0 atom stereocenters. The summed E-state index contributed by atoms with van der Waals surface area (Å²) in [6, 6.07) is 6.17. The fraction of sp³-hybridized carbons (Fsp3) is 0.182. The molecule has 0 saturated carbocycles. The monoisotopic (exact) mass is 250 g/mol. The summed E-state index contributed by atoms with van der Waals surface area (Å²) in [4.78, 5) is 34.7. The van der Waals surface area contributed by atoms with Crippen LogP contribution in [0.5, 0.6) is 0 Å². The molecular weight excluding hydrogens is 236 g/mol. The number of amides is 3. The molecule has 0 unspecified atom stereocenters. The Bertz CT molecular complexity index is 471. The van der Waals surface area contributed by atoms with E-state index in [1.165, 1.54) is 12.1 Å². The number of hydrogen-bond acceptors (Lipinski definition) is 4. The fourth-order valence-corrected chi connectivity index (χ4v) is 1.43. The van der Waals surface area contributed by atoms with Gasteiger partial charge in [-0.05, 0) is 18.2 Å². The lowest BCUT2D eigenvalue weighted by Crippen LogP contribution is -2.43. The molecule has 1 rings (SSSR count). The topological polar surface area (TPSA) is 133 Å². The van der Waals surface area contributed by atoms with Gasteiger partial charge in [-0.15, -0.1) is 0 Å². The number of anilines is 1. The highest BCUT2D eigenvalue weighted by Crippen LogP contribution is 2.09. The highest BCUT2D eigenvalue weighted by Gasteiger charge is 2.19. The van der Waals surface area contributed by atoms with Gasteiger partial charge in [0.05, 0.1) is 0 Å². The van der Waals surface area contributed by atoms with Crippen molar-refractivity contribution in [3.8, 4) is 0 Å². The van der Waals surface area contributed by atoms with Crippen molar-refractivity contribution in [3.63, 3.8) is 0 Å². The Labute approximate surface area is 104 Å². The summed E-state index contributed by atoms with van der Waals surface area (Å²) in [6.07, 6.45) is 0. The standard InChI is InChI=1S/C11H14N4O3/c12-8-3-1-2-7(4-8)11(18)15(5-9(13)16)6-10(14)17/h1-4H,5-6,12H2,(H2,13,16)(H2,14,17). The zero-order valence-corrected chi connectivity index (χ0v) is 9.63. The van der Waals surface area contributed by atoms with Crippen molar-refractivity contribution in [3.05, 3.63) is 29.8 Å². The van der Waals surface area contributed by atoms with Crippen molar-refractivity contribution >= 4 is 23.4 Å². The van der Waals surface area contributed by atoms with Gasteiger partial charge >= 0.3 is 0 Å². The van der Waals surface area contributed by atoms with Gasteiger partial charge in [0.2, 0.25) is 11.8 Å². The van der Waals surface area contributed by atoms with Crippen LogP contribution in [-0.4, -0.2) is 35.7 Å². The predicted molar refractivity (Wildman–Crippen MR) is 65.1 cm³/mol. The first-order valence-electron chi connectivity index (χ1n) is 5.11. The zero-order chi connectivity index (χ0) is 13.7. The van der Waals surface area contributed by atoms with Crippen LogP contribution in [0.4, 0.5) is 5.69 Å². The Kier molecular flexibility index (Phi) is 4.25. The maximum atomic E-state index is 12.0. The van der Waals surface area contributed by atoms with E-state index >= 15 is 0 Å². The van der Waals surface area contributed by atoms with E-state index in [-0.39, 0.29) is 18.7 Å². The Morgan fingerprint density at radius 1 is 1.06 bits per heavy atom. The van der Waals surface area contributed by atoms with Crippen LogP contribution < -0.4 is 17.2 Å². The molecule has 1 aromatic carbocycles. The largest absolute Gasteiger partial charge is 0.399 e. The smallest absolute Gasteiger partial charge is 0.254 e. The zero-order valence-electron chi connectivity index (χ0n) is 9.63. The maximum absolute atomic E-state index is 12.0. The summed E-state index contributed by atoms with van der Waals surface area (Å²) >= 11 is 0. The van der Waals surface area contributed by atoms with E-state index in [4.69, 9.17) is 17.2 Å². The number of benzene rings is 1. The summed E-state index contributed by atoms with van der Waals surface area (Å²) in [5.74, 6) is -1.98. The molecule has 6 N–H and O–H groups in total. The van der Waals surface area contributed by atoms with Gasteiger partial charge in [0.15, 0.2) is 0 Å². The fourth-order valence-electron chi connectivity index (χ4n) is 1.43. The first-order valence-corrected chi connectivity index (χ1v) is 5.11. The highest BCUT2D eigenvalue weighted by molar-refractivity contribution is 5.98. The summed E-state index contributed by atoms with van der Waals surface area (Å²) in [7, 11) is 0. The van der Waals surface area contributed by atoms with Crippen LogP contribution in [0.15, 0.2) is 24.3 Å². The van der Waals surface area contributed by atoms with E-state index in [0.29, 0.717) is 5.69 Å². The van der Waals surface area contributed by atoms with Gasteiger partial charge in [0, 0.05) is 11.3 Å². The van der Waals surface area contributed by atoms with Crippen molar-refractivity contribution < 1.29 is 14.4 Å². The third kappa shape index (κ3) is 3.78. The lowest BCUT2D eigenvalue weighted by molar-refractivity contribution is -0.121. The van der Waals surface area contributed by atoms with Crippen molar-refractivity contribution in [2.75, 3.05) is 18.8 Å². The first kappa shape index (κ1) is 13.5. The van der Waals surface area contributed by atoms with Crippen molar-refractivity contribution in [2.45, 2.75) is 0 Å². The second kappa shape index (κ2) is 5.67. The van der Waals surface area contributed by atoms with E-state index in [0.717, 1.165) is 4.90 Å². The van der Waals surface area contributed by atoms with E-state index in [9.17, 15) is 14.4 Å². The summed E-state index contributed by atoms with van der Waals surface area (Å²) in [5.41, 5.74) is 16.2. The molecular formula is C11H14N4O3. The molecule has 1 aromatic rings. The number of nitrogens with zero attached hydrogens (tertiary/aromatic N) is 1. The van der Waals surface area contributed by atoms with Crippen LogP contribution in [0.3, 0.4) is 0 Å². The quantitative estimate of drug-likeness (QED) is 0.559. The van der Waals surface area contributed by atoms with E-state index < -0.39 is 17.7 Å². The SMILES string of the molecule is NC(=O)CN(CC(N)=O)C(=O)c1cccc(N)c1. The molecule has 0 spiro atoms. The maximum Gasteiger partial charge on any atom is 0.254 e.